The Bertz CT molecular complexity index is 446. The minimum atomic E-state index is 0.126. The van der Waals surface area contributed by atoms with Crippen LogP contribution in [0.2, 0.25) is 0 Å². The van der Waals surface area contributed by atoms with Gasteiger partial charge in [0.25, 0.3) is 5.91 Å². The number of piperidine rings is 1. The van der Waals surface area contributed by atoms with E-state index >= 15 is 0 Å². The Labute approximate surface area is 120 Å². The SMILES string of the molecule is O=C(c1ccc([C@H]2CCCNC2)cc1)N1CCOCC1. The predicted molar refractivity (Wildman–Crippen MR) is 78.0 cm³/mol. The molecule has 2 aliphatic heterocycles. The number of hydrogen-bond acceptors (Lipinski definition) is 3. The van der Waals surface area contributed by atoms with Crippen molar-refractivity contribution in [1.29, 1.82) is 0 Å². The molecule has 0 spiro atoms. The summed E-state index contributed by atoms with van der Waals surface area (Å²) >= 11 is 0. The highest BCUT2D eigenvalue weighted by Crippen LogP contribution is 2.23. The van der Waals surface area contributed by atoms with Gasteiger partial charge in [-0.25, -0.2) is 0 Å². The van der Waals surface area contributed by atoms with Crippen molar-refractivity contribution >= 4 is 5.91 Å². The minimum Gasteiger partial charge on any atom is -0.378 e. The van der Waals surface area contributed by atoms with Gasteiger partial charge in [-0.3, -0.25) is 4.79 Å². The van der Waals surface area contributed by atoms with Gasteiger partial charge in [0.05, 0.1) is 13.2 Å². The number of carbonyl (C=O) groups is 1. The summed E-state index contributed by atoms with van der Waals surface area (Å²) in [7, 11) is 0. The number of ether oxygens (including phenoxy) is 1. The molecule has 0 aromatic heterocycles. The first-order chi connectivity index (χ1) is 9.84. The van der Waals surface area contributed by atoms with Crippen LogP contribution in [0.4, 0.5) is 0 Å². The lowest BCUT2D eigenvalue weighted by molar-refractivity contribution is 0.0303. The van der Waals surface area contributed by atoms with Gasteiger partial charge in [-0.2, -0.15) is 0 Å². The van der Waals surface area contributed by atoms with E-state index in [1.807, 2.05) is 17.0 Å². The molecule has 4 nitrogen and oxygen atoms in total. The Morgan fingerprint density at radius 1 is 1.20 bits per heavy atom. The number of benzene rings is 1. The van der Waals surface area contributed by atoms with Crippen molar-refractivity contribution in [2.75, 3.05) is 39.4 Å². The molecule has 4 heteroatoms. The lowest BCUT2D eigenvalue weighted by Crippen LogP contribution is -2.40. The molecule has 2 heterocycles. The summed E-state index contributed by atoms with van der Waals surface area (Å²) < 4.78 is 5.28. The Morgan fingerprint density at radius 3 is 2.60 bits per heavy atom. The summed E-state index contributed by atoms with van der Waals surface area (Å²) in [6.45, 7) is 4.89. The Balaban J connectivity index is 1.67. The number of carbonyl (C=O) groups excluding carboxylic acids is 1. The predicted octanol–water partition coefficient (Wildman–Crippen LogP) is 1.63. The summed E-state index contributed by atoms with van der Waals surface area (Å²) in [5, 5.41) is 3.43. The standard InChI is InChI=1S/C16H22N2O2/c19-16(18-8-10-20-11-9-18)14-5-3-13(4-6-14)15-2-1-7-17-12-15/h3-6,15,17H,1-2,7-12H2/t15-/m0/s1. The second-order valence-electron chi connectivity index (χ2n) is 5.57. The molecule has 2 aliphatic rings. The molecule has 20 heavy (non-hydrogen) atoms. The fourth-order valence-corrected chi connectivity index (χ4v) is 2.98. The Hall–Kier alpha value is -1.39. The third-order valence-corrected chi connectivity index (χ3v) is 4.22. The van der Waals surface area contributed by atoms with Crippen LogP contribution in [0.1, 0.15) is 34.7 Å². The number of morpholine rings is 1. The molecular formula is C16H22N2O2. The van der Waals surface area contributed by atoms with Crippen molar-refractivity contribution in [3.05, 3.63) is 35.4 Å². The summed E-state index contributed by atoms with van der Waals surface area (Å²) in [6.07, 6.45) is 2.48. The van der Waals surface area contributed by atoms with Crippen LogP contribution >= 0.6 is 0 Å². The van der Waals surface area contributed by atoms with Gasteiger partial charge < -0.3 is 15.0 Å². The third-order valence-electron chi connectivity index (χ3n) is 4.22. The maximum absolute atomic E-state index is 12.3. The molecule has 108 valence electrons. The van der Waals surface area contributed by atoms with Crippen LogP contribution in [0.25, 0.3) is 0 Å². The van der Waals surface area contributed by atoms with Gasteiger partial charge >= 0.3 is 0 Å². The summed E-state index contributed by atoms with van der Waals surface area (Å²) in [4.78, 5) is 14.2. The van der Waals surface area contributed by atoms with Crippen molar-refractivity contribution in [1.82, 2.24) is 10.2 Å². The highest BCUT2D eigenvalue weighted by molar-refractivity contribution is 5.94. The van der Waals surface area contributed by atoms with E-state index in [4.69, 9.17) is 4.74 Å². The molecule has 2 saturated heterocycles. The Kier molecular flexibility index (Phi) is 4.33. The zero-order valence-corrected chi connectivity index (χ0v) is 11.8. The average Bonchev–Trinajstić information content (AvgIpc) is 2.56. The van der Waals surface area contributed by atoms with E-state index in [0.717, 1.165) is 18.7 Å². The van der Waals surface area contributed by atoms with Crippen molar-refractivity contribution in [2.24, 2.45) is 0 Å². The number of nitrogens with zero attached hydrogens (tertiary/aromatic N) is 1. The van der Waals surface area contributed by atoms with Crippen LogP contribution in [0.5, 0.6) is 0 Å². The second-order valence-corrected chi connectivity index (χ2v) is 5.57. The second kappa shape index (κ2) is 6.37. The van der Waals surface area contributed by atoms with Gasteiger partial charge in [0.1, 0.15) is 0 Å². The highest BCUT2D eigenvalue weighted by Gasteiger charge is 2.19. The van der Waals surface area contributed by atoms with Gasteiger partial charge in [-0.1, -0.05) is 12.1 Å². The van der Waals surface area contributed by atoms with E-state index in [2.05, 4.69) is 17.4 Å². The van der Waals surface area contributed by atoms with Crippen molar-refractivity contribution < 1.29 is 9.53 Å². The minimum absolute atomic E-state index is 0.126. The maximum Gasteiger partial charge on any atom is 0.254 e. The first kappa shape index (κ1) is 13.6. The largest absolute Gasteiger partial charge is 0.378 e. The molecule has 2 fully saturated rings. The maximum atomic E-state index is 12.3. The molecule has 0 aliphatic carbocycles. The van der Waals surface area contributed by atoms with E-state index in [-0.39, 0.29) is 5.91 Å². The molecular weight excluding hydrogens is 252 g/mol. The molecule has 0 bridgehead atoms. The quantitative estimate of drug-likeness (QED) is 0.891. The molecule has 1 aromatic carbocycles. The lowest BCUT2D eigenvalue weighted by Gasteiger charge is -2.27. The van der Waals surface area contributed by atoms with Crippen LogP contribution in [-0.2, 0) is 4.74 Å². The summed E-state index contributed by atoms with van der Waals surface area (Å²) in [5.74, 6) is 0.720. The third kappa shape index (κ3) is 3.02. The number of rotatable bonds is 2. The van der Waals surface area contributed by atoms with Gasteiger partial charge in [0.2, 0.25) is 0 Å². The monoisotopic (exact) mass is 274 g/mol. The van der Waals surface area contributed by atoms with E-state index in [9.17, 15) is 4.79 Å². The van der Waals surface area contributed by atoms with Gasteiger partial charge in [0, 0.05) is 25.2 Å². The van der Waals surface area contributed by atoms with E-state index in [0.29, 0.717) is 32.2 Å². The first-order valence-corrected chi connectivity index (χ1v) is 7.52. The molecule has 0 radical (unpaired) electrons. The summed E-state index contributed by atoms with van der Waals surface area (Å²) in [5.41, 5.74) is 2.13. The van der Waals surface area contributed by atoms with Gasteiger partial charge in [0.15, 0.2) is 0 Å². The molecule has 0 unspecified atom stereocenters. The highest BCUT2D eigenvalue weighted by atomic mass is 16.5. The fraction of sp³-hybridized carbons (Fsp3) is 0.562. The van der Waals surface area contributed by atoms with E-state index in [1.165, 1.54) is 18.4 Å². The van der Waals surface area contributed by atoms with Crippen LogP contribution < -0.4 is 5.32 Å². The molecule has 3 rings (SSSR count). The smallest absolute Gasteiger partial charge is 0.254 e. The topological polar surface area (TPSA) is 41.6 Å². The normalized spacial score (nSPS) is 23.6. The van der Waals surface area contributed by atoms with Crippen molar-refractivity contribution in [3.8, 4) is 0 Å². The van der Waals surface area contributed by atoms with Gasteiger partial charge in [-0.15, -0.1) is 0 Å². The number of hydrogen-bond donors (Lipinski definition) is 1. The lowest BCUT2D eigenvalue weighted by atomic mass is 9.91. The van der Waals surface area contributed by atoms with E-state index < -0.39 is 0 Å². The summed E-state index contributed by atoms with van der Waals surface area (Å²) in [6, 6.07) is 8.18. The zero-order valence-electron chi connectivity index (χ0n) is 11.8. The number of nitrogens with one attached hydrogen (secondary N) is 1. The Morgan fingerprint density at radius 2 is 1.95 bits per heavy atom. The molecule has 1 amide bonds. The molecule has 1 N–H and O–H groups in total. The van der Waals surface area contributed by atoms with Crippen LogP contribution in [0.15, 0.2) is 24.3 Å². The molecule has 0 saturated carbocycles. The van der Waals surface area contributed by atoms with Crippen molar-refractivity contribution in [2.45, 2.75) is 18.8 Å². The molecule has 1 aromatic rings. The number of amides is 1. The fourth-order valence-electron chi connectivity index (χ4n) is 2.98. The van der Waals surface area contributed by atoms with Crippen LogP contribution in [0, 0.1) is 0 Å². The van der Waals surface area contributed by atoms with Gasteiger partial charge in [-0.05, 0) is 43.0 Å². The van der Waals surface area contributed by atoms with Crippen molar-refractivity contribution in [3.63, 3.8) is 0 Å². The average molecular weight is 274 g/mol. The zero-order chi connectivity index (χ0) is 13.8. The van der Waals surface area contributed by atoms with Crippen LogP contribution in [-0.4, -0.2) is 50.2 Å². The molecule has 1 atom stereocenters. The van der Waals surface area contributed by atoms with E-state index in [1.54, 1.807) is 0 Å². The first-order valence-electron chi connectivity index (χ1n) is 7.52. The van der Waals surface area contributed by atoms with Crippen LogP contribution in [0.3, 0.4) is 0 Å².